The Labute approximate surface area is 166 Å². The fourth-order valence-electron chi connectivity index (χ4n) is 2.53. The smallest absolute Gasteiger partial charge is 0.267 e. The van der Waals surface area contributed by atoms with Gasteiger partial charge in [-0.3, -0.25) is 9.59 Å². The van der Waals surface area contributed by atoms with E-state index < -0.39 is 0 Å². The van der Waals surface area contributed by atoms with Crippen LogP contribution in [0.3, 0.4) is 0 Å². The number of aromatic nitrogens is 1. The molecule has 0 aliphatic carbocycles. The van der Waals surface area contributed by atoms with Gasteiger partial charge >= 0.3 is 0 Å². The summed E-state index contributed by atoms with van der Waals surface area (Å²) in [4.78, 5) is 29.1. The number of hydrogen-bond acceptors (Lipinski definition) is 4. The number of halogens is 1. The van der Waals surface area contributed by atoms with Crippen molar-refractivity contribution in [2.75, 3.05) is 10.6 Å². The van der Waals surface area contributed by atoms with Crippen LogP contribution in [0.5, 0.6) is 0 Å². The van der Waals surface area contributed by atoms with Gasteiger partial charge in [-0.15, -0.1) is 11.3 Å². The molecule has 1 heterocycles. The van der Waals surface area contributed by atoms with Crippen LogP contribution in [0.2, 0.25) is 5.02 Å². The summed E-state index contributed by atoms with van der Waals surface area (Å²) in [5.41, 5.74) is 3.77. The van der Waals surface area contributed by atoms with Gasteiger partial charge in [0.25, 0.3) is 5.91 Å². The topological polar surface area (TPSA) is 71.1 Å². The number of thiazole rings is 1. The maximum Gasteiger partial charge on any atom is 0.267 e. The normalized spacial score (nSPS) is 10.5. The SMILES string of the molecule is CC(=O)Nc1cc(NC(=O)c2sc(-c3ccc(Cl)cc3)nc2C)ccc1C. The van der Waals surface area contributed by atoms with Gasteiger partial charge < -0.3 is 10.6 Å². The molecule has 0 saturated heterocycles. The minimum atomic E-state index is -0.233. The molecule has 0 fully saturated rings. The quantitative estimate of drug-likeness (QED) is 0.626. The van der Waals surface area contributed by atoms with Crippen molar-refractivity contribution in [3.05, 3.63) is 63.6 Å². The van der Waals surface area contributed by atoms with Crippen molar-refractivity contribution in [2.24, 2.45) is 0 Å². The van der Waals surface area contributed by atoms with Gasteiger partial charge in [0, 0.05) is 28.9 Å². The standard InChI is InChI=1S/C20H18ClN3O2S/c1-11-4-9-16(10-17(11)23-13(3)25)24-19(26)18-12(2)22-20(27-18)14-5-7-15(21)8-6-14/h4-10H,1-3H3,(H,23,25)(H,24,26). The number of carbonyl (C=O) groups is 2. The van der Waals surface area contributed by atoms with Crippen LogP contribution in [0.25, 0.3) is 10.6 Å². The van der Waals surface area contributed by atoms with Crippen LogP contribution >= 0.6 is 22.9 Å². The zero-order valence-corrected chi connectivity index (χ0v) is 16.7. The summed E-state index contributed by atoms with van der Waals surface area (Å²) in [5, 5.41) is 7.04. The molecule has 0 spiro atoms. The number of anilines is 2. The predicted octanol–water partition coefficient (Wildman–Crippen LogP) is 5.29. The van der Waals surface area contributed by atoms with Crippen LogP contribution in [0.15, 0.2) is 42.5 Å². The number of benzene rings is 2. The highest BCUT2D eigenvalue weighted by atomic mass is 35.5. The molecule has 3 aromatic rings. The molecule has 138 valence electrons. The van der Waals surface area contributed by atoms with E-state index in [4.69, 9.17) is 11.6 Å². The minimum absolute atomic E-state index is 0.160. The van der Waals surface area contributed by atoms with E-state index in [0.29, 0.717) is 27.0 Å². The Hall–Kier alpha value is -2.70. The zero-order chi connectivity index (χ0) is 19.6. The van der Waals surface area contributed by atoms with Crippen molar-refractivity contribution in [1.82, 2.24) is 4.98 Å². The minimum Gasteiger partial charge on any atom is -0.326 e. The summed E-state index contributed by atoms with van der Waals surface area (Å²) in [7, 11) is 0. The van der Waals surface area contributed by atoms with Gasteiger partial charge in [-0.2, -0.15) is 0 Å². The summed E-state index contributed by atoms with van der Waals surface area (Å²) >= 11 is 7.25. The first-order valence-electron chi connectivity index (χ1n) is 8.26. The van der Waals surface area contributed by atoms with E-state index in [1.54, 1.807) is 24.3 Å². The van der Waals surface area contributed by atoms with Crippen LogP contribution < -0.4 is 10.6 Å². The number of aryl methyl sites for hydroxylation is 2. The molecular formula is C20H18ClN3O2S. The second-order valence-electron chi connectivity index (χ2n) is 6.11. The summed E-state index contributed by atoms with van der Waals surface area (Å²) in [6, 6.07) is 12.7. The van der Waals surface area contributed by atoms with Crippen molar-refractivity contribution in [3.63, 3.8) is 0 Å². The van der Waals surface area contributed by atoms with Crippen LogP contribution in [-0.4, -0.2) is 16.8 Å². The molecule has 0 atom stereocenters. The Morgan fingerprint density at radius 3 is 2.41 bits per heavy atom. The van der Waals surface area contributed by atoms with Crippen LogP contribution in [0.1, 0.15) is 27.9 Å². The van der Waals surface area contributed by atoms with E-state index in [9.17, 15) is 9.59 Å². The molecule has 2 aromatic carbocycles. The largest absolute Gasteiger partial charge is 0.326 e. The summed E-state index contributed by atoms with van der Waals surface area (Å²) in [6.45, 7) is 5.15. The molecule has 3 rings (SSSR count). The molecule has 0 unspecified atom stereocenters. The van der Waals surface area contributed by atoms with Gasteiger partial charge in [0.05, 0.1) is 5.69 Å². The fraction of sp³-hybridized carbons (Fsp3) is 0.150. The molecule has 0 aliphatic rings. The third-order valence-corrected chi connectivity index (χ3v) is 5.36. The van der Waals surface area contributed by atoms with Crippen molar-refractivity contribution >= 4 is 46.1 Å². The molecule has 1 aromatic heterocycles. The molecule has 0 saturated carbocycles. The van der Waals surface area contributed by atoms with Crippen molar-refractivity contribution in [1.29, 1.82) is 0 Å². The van der Waals surface area contributed by atoms with E-state index in [1.165, 1.54) is 18.3 Å². The Morgan fingerprint density at radius 1 is 1.04 bits per heavy atom. The Balaban J connectivity index is 1.82. The van der Waals surface area contributed by atoms with Gasteiger partial charge in [0.2, 0.25) is 5.91 Å². The third-order valence-electron chi connectivity index (χ3n) is 3.90. The highest BCUT2D eigenvalue weighted by molar-refractivity contribution is 7.17. The van der Waals surface area contributed by atoms with Gasteiger partial charge in [-0.1, -0.05) is 29.8 Å². The second-order valence-corrected chi connectivity index (χ2v) is 7.54. The fourth-order valence-corrected chi connectivity index (χ4v) is 3.63. The third kappa shape index (κ3) is 4.53. The molecule has 27 heavy (non-hydrogen) atoms. The maximum absolute atomic E-state index is 12.7. The first-order valence-corrected chi connectivity index (χ1v) is 9.46. The van der Waals surface area contributed by atoms with Gasteiger partial charge in [-0.05, 0) is 43.7 Å². The van der Waals surface area contributed by atoms with Crippen molar-refractivity contribution < 1.29 is 9.59 Å². The highest BCUT2D eigenvalue weighted by Crippen LogP contribution is 2.30. The number of hydrogen-bond donors (Lipinski definition) is 2. The summed E-state index contributed by atoms with van der Waals surface area (Å²) < 4.78 is 0. The molecule has 2 N–H and O–H groups in total. The molecule has 0 bridgehead atoms. The molecule has 0 aliphatic heterocycles. The predicted molar refractivity (Wildman–Crippen MR) is 111 cm³/mol. The van der Waals surface area contributed by atoms with E-state index in [1.807, 2.05) is 32.0 Å². The first-order chi connectivity index (χ1) is 12.8. The van der Waals surface area contributed by atoms with Crippen molar-refractivity contribution in [3.8, 4) is 10.6 Å². The lowest BCUT2D eigenvalue weighted by Crippen LogP contribution is -2.13. The summed E-state index contributed by atoms with van der Waals surface area (Å²) in [6.07, 6.45) is 0. The molecule has 2 amide bonds. The number of nitrogens with zero attached hydrogens (tertiary/aromatic N) is 1. The Morgan fingerprint density at radius 2 is 1.74 bits per heavy atom. The van der Waals surface area contributed by atoms with Crippen LogP contribution in [0, 0.1) is 13.8 Å². The molecule has 7 heteroatoms. The molecule has 5 nitrogen and oxygen atoms in total. The summed E-state index contributed by atoms with van der Waals surface area (Å²) in [5.74, 6) is -0.393. The average Bonchev–Trinajstić information content (AvgIpc) is 3.00. The lowest BCUT2D eigenvalue weighted by Gasteiger charge is -2.10. The number of nitrogens with one attached hydrogen (secondary N) is 2. The van der Waals surface area contributed by atoms with E-state index in [0.717, 1.165) is 16.1 Å². The Kier molecular flexibility index (Phi) is 5.58. The lowest BCUT2D eigenvalue weighted by atomic mass is 10.1. The van der Waals surface area contributed by atoms with Crippen LogP contribution in [-0.2, 0) is 4.79 Å². The monoisotopic (exact) mass is 399 g/mol. The van der Waals surface area contributed by atoms with E-state index in [-0.39, 0.29) is 11.8 Å². The number of amides is 2. The van der Waals surface area contributed by atoms with Gasteiger partial charge in [-0.25, -0.2) is 4.98 Å². The second kappa shape index (κ2) is 7.90. The van der Waals surface area contributed by atoms with Crippen molar-refractivity contribution in [2.45, 2.75) is 20.8 Å². The number of carbonyl (C=O) groups excluding carboxylic acids is 2. The highest BCUT2D eigenvalue weighted by Gasteiger charge is 2.17. The van der Waals surface area contributed by atoms with Crippen LogP contribution in [0.4, 0.5) is 11.4 Å². The zero-order valence-electron chi connectivity index (χ0n) is 15.1. The lowest BCUT2D eigenvalue weighted by molar-refractivity contribution is -0.114. The van der Waals surface area contributed by atoms with Gasteiger partial charge in [0.15, 0.2) is 0 Å². The van der Waals surface area contributed by atoms with Gasteiger partial charge in [0.1, 0.15) is 9.88 Å². The average molecular weight is 400 g/mol. The van der Waals surface area contributed by atoms with E-state index in [2.05, 4.69) is 15.6 Å². The van der Waals surface area contributed by atoms with E-state index >= 15 is 0 Å². The Bertz CT molecular complexity index is 1010. The first kappa shape index (κ1) is 19.1. The molecular weight excluding hydrogens is 382 g/mol. The molecule has 0 radical (unpaired) electrons. The maximum atomic E-state index is 12.7. The number of rotatable bonds is 4.